The van der Waals surface area contributed by atoms with Gasteiger partial charge in [0.15, 0.2) is 0 Å². The van der Waals surface area contributed by atoms with Crippen LogP contribution in [0, 0.1) is 0 Å². The van der Waals surface area contributed by atoms with Crippen LogP contribution in [0.15, 0.2) is 59.5 Å². The van der Waals surface area contributed by atoms with E-state index in [0.717, 1.165) is 22.3 Å². The molecule has 34 heavy (non-hydrogen) atoms. The van der Waals surface area contributed by atoms with Gasteiger partial charge in [0.05, 0.1) is 12.2 Å². The zero-order valence-corrected chi connectivity index (χ0v) is 18.2. The van der Waals surface area contributed by atoms with Crippen LogP contribution in [0.1, 0.15) is 35.6 Å². The lowest BCUT2D eigenvalue weighted by Crippen LogP contribution is -2.47. The highest BCUT2D eigenvalue weighted by Gasteiger charge is 2.30. The molecule has 0 saturated heterocycles. The number of aromatic amines is 2. The Labute approximate surface area is 194 Å². The smallest absolute Gasteiger partial charge is 0.407 e. The molecule has 10 nitrogen and oxygen atoms in total. The summed E-state index contributed by atoms with van der Waals surface area (Å²) in [5.74, 6) is -1.83. The van der Waals surface area contributed by atoms with Crippen LogP contribution >= 0.6 is 0 Å². The molecule has 3 aromatic rings. The molecule has 0 aliphatic heterocycles. The van der Waals surface area contributed by atoms with Crippen LogP contribution in [0.5, 0.6) is 0 Å². The Hall–Kier alpha value is -4.34. The summed E-state index contributed by atoms with van der Waals surface area (Å²) in [6.45, 7) is 0.0746. The monoisotopic (exact) mass is 464 g/mol. The molecule has 1 atom stereocenters. The first-order chi connectivity index (χ1) is 16.4. The largest absolute Gasteiger partial charge is 0.481 e. The van der Waals surface area contributed by atoms with Gasteiger partial charge in [0, 0.05) is 18.5 Å². The van der Waals surface area contributed by atoms with Crippen LogP contribution in [0.2, 0.25) is 0 Å². The number of carboxylic acids is 1. The van der Waals surface area contributed by atoms with Gasteiger partial charge in [-0.1, -0.05) is 48.5 Å². The van der Waals surface area contributed by atoms with E-state index in [1.807, 2.05) is 48.5 Å². The third-order valence-corrected chi connectivity index (χ3v) is 5.70. The zero-order chi connectivity index (χ0) is 24.1. The van der Waals surface area contributed by atoms with Crippen molar-refractivity contribution < 1.29 is 24.2 Å². The second-order valence-electron chi connectivity index (χ2n) is 7.94. The Balaban J connectivity index is 1.39. The van der Waals surface area contributed by atoms with E-state index in [1.165, 1.54) is 6.20 Å². The van der Waals surface area contributed by atoms with Crippen LogP contribution in [-0.2, 0) is 20.9 Å². The van der Waals surface area contributed by atoms with Crippen molar-refractivity contribution in [1.29, 1.82) is 0 Å². The number of amides is 2. The summed E-state index contributed by atoms with van der Waals surface area (Å²) in [4.78, 5) is 52.2. The van der Waals surface area contributed by atoms with Gasteiger partial charge in [-0.2, -0.15) is 0 Å². The van der Waals surface area contributed by atoms with Crippen LogP contribution in [0.3, 0.4) is 0 Å². The number of imidazole rings is 1. The number of aliphatic carboxylic acids is 1. The van der Waals surface area contributed by atoms with Gasteiger partial charge in [-0.25, -0.2) is 9.59 Å². The van der Waals surface area contributed by atoms with E-state index >= 15 is 0 Å². The van der Waals surface area contributed by atoms with Crippen molar-refractivity contribution >= 4 is 18.0 Å². The minimum atomic E-state index is -1.11. The van der Waals surface area contributed by atoms with Crippen molar-refractivity contribution in [3.63, 3.8) is 0 Å². The fraction of sp³-hybridized carbons (Fsp3) is 0.250. The molecular formula is C24H24N4O6. The van der Waals surface area contributed by atoms with Crippen LogP contribution < -0.4 is 16.3 Å². The number of carbonyl (C=O) groups excluding carboxylic acids is 2. The lowest BCUT2D eigenvalue weighted by molar-refractivity contribution is -0.137. The van der Waals surface area contributed by atoms with Gasteiger partial charge in [-0.15, -0.1) is 0 Å². The summed E-state index contributed by atoms with van der Waals surface area (Å²) in [6.07, 6.45) is 0.161. The van der Waals surface area contributed by atoms with E-state index in [4.69, 9.17) is 9.84 Å². The molecule has 176 valence electrons. The maximum Gasteiger partial charge on any atom is 0.407 e. The highest BCUT2D eigenvalue weighted by Crippen LogP contribution is 2.44. The van der Waals surface area contributed by atoms with Gasteiger partial charge in [-0.3, -0.25) is 9.59 Å². The average Bonchev–Trinajstić information content (AvgIpc) is 3.39. The molecule has 4 rings (SSSR count). The molecule has 0 radical (unpaired) electrons. The van der Waals surface area contributed by atoms with Crippen molar-refractivity contribution in [3.05, 3.63) is 82.0 Å². The third-order valence-electron chi connectivity index (χ3n) is 5.70. The van der Waals surface area contributed by atoms with Crippen molar-refractivity contribution in [2.24, 2.45) is 0 Å². The number of hydrogen-bond donors (Lipinski definition) is 5. The number of H-pyrrole nitrogens is 2. The van der Waals surface area contributed by atoms with E-state index in [0.29, 0.717) is 5.69 Å². The number of carbonyl (C=O) groups is 3. The summed E-state index contributed by atoms with van der Waals surface area (Å²) in [7, 11) is 0. The van der Waals surface area contributed by atoms with Crippen molar-refractivity contribution in [1.82, 2.24) is 20.6 Å². The van der Waals surface area contributed by atoms with Crippen LogP contribution in [-0.4, -0.2) is 45.7 Å². The molecule has 0 fully saturated rings. The molecule has 2 aromatic carbocycles. The topological polar surface area (TPSA) is 153 Å². The molecule has 10 heteroatoms. The normalized spacial score (nSPS) is 12.9. The molecule has 1 heterocycles. The van der Waals surface area contributed by atoms with Crippen LogP contribution in [0.25, 0.3) is 11.1 Å². The molecule has 0 bridgehead atoms. The number of fused-ring (bicyclic) bond motifs is 3. The first-order valence-electron chi connectivity index (χ1n) is 10.8. The minimum absolute atomic E-state index is 0.00745. The summed E-state index contributed by atoms with van der Waals surface area (Å²) in [6, 6.07) is 14.7. The predicted molar refractivity (Wildman–Crippen MR) is 122 cm³/mol. The molecular weight excluding hydrogens is 440 g/mol. The van der Waals surface area contributed by atoms with E-state index in [1.54, 1.807) is 0 Å². The van der Waals surface area contributed by atoms with Crippen molar-refractivity contribution in [2.75, 3.05) is 6.61 Å². The van der Waals surface area contributed by atoms with E-state index in [9.17, 15) is 19.2 Å². The lowest BCUT2D eigenvalue weighted by atomic mass is 9.98. The van der Waals surface area contributed by atoms with Crippen molar-refractivity contribution in [3.8, 4) is 11.1 Å². The summed E-state index contributed by atoms with van der Waals surface area (Å²) in [5, 5.41) is 14.0. The van der Waals surface area contributed by atoms with Gasteiger partial charge >= 0.3 is 17.8 Å². The van der Waals surface area contributed by atoms with Gasteiger partial charge in [0.25, 0.3) is 0 Å². The maximum atomic E-state index is 12.6. The second kappa shape index (κ2) is 10.1. The standard InChI is InChI=1S/C24H24N4O6/c29-21(30)10-9-20(22(31)25-11-14-12-26-23(32)27-14)28-24(33)34-13-19-17-7-3-1-5-15(17)16-6-2-4-8-18(16)19/h1-8,12,19-20H,9-11,13H2,(H,25,31)(H,28,33)(H,29,30)(H2,26,27,32). The molecule has 1 aliphatic rings. The Bertz CT molecular complexity index is 1220. The number of rotatable bonds is 9. The highest BCUT2D eigenvalue weighted by molar-refractivity contribution is 5.86. The first-order valence-corrected chi connectivity index (χ1v) is 10.8. The molecule has 1 unspecified atom stereocenters. The Morgan fingerprint density at radius 2 is 1.68 bits per heavy atom. The molecule has 1 aliphatic carbocycles. The Kier molecular flexibility index (Phi) is 6.77. The lowest BCUT2D eigenvalue weighted by Gasteiger charge is -2.19. The third kappa shape index (κ3) is 5.17. The second-order valence-corrected chi connectivity index (χ2v) is 7.94. The average molecular weight is 464 g/mol. The van der Waals surface area contributed by atoms with E-state index < -0.39 is 29.7 Å². The number of nitrogens with one attached hydrogen (secondary N) is 4. The molecule has 0 spiro atoms. The van der Waals surface area contributed by atoms with Gasteiger partial charge in [-0.05, 0) is 28.7 Å². The number of carboxylic acid groups (broad SMARTS) is 1. The number of aromatic nitrogens is 2. The van der Waals surface area contributed by atoms with E-state index in [2.05, 4.69) is 20.6 Å². The maximum absolute atomic E-state index is 12.6. The summed E-state index contributed by atoms with van der Waals surface area (Å²) in [5.41, 5.74) is 4.32. The summed E-state index contributed by atoms with van der Waals surface area (Å²) < 4.78 is 5.46. The summed E-state index contributed by atoms with van der Waals surface area (Å²) >= 11 is 0. The fourth-order valence-corrected chi connectivity index (χ4v) is 4.09. The SMILES string of the molecule is O=C(O)CCC(NC(=O)OCC1c2ccccc2-c2ccccc21)C(=O)NCc1c[nH]c(=O)[nH]1. The van der Waals surface area contributed by atoms with E-state index in [-0.39, 0.29) is 31.9 Å². The first kappa shape index (κ1) is 22.8. The molecule has 2 amide bonds. The Morgan fingerprint density at radius 1 is 1.03 bits per heavy atom. The fourth-order valence-electron chi connectivity index (χ4n) is 4.09. The number of hydrogen-bond acceptors (Lipinski definition) is 5. The van der Waals surface area contributed by atoms with Gasteiger partial charge in [0.1, 0.15) is 12.6 Å². The zero-order valence-electron chi connectivity index (χ0n) is 18.2. The number of ether oxygens (including phenoxy) is 1. The van der Waals surface area contributed by atoms with Gasteiger partial charge in [0.2, 0.25) is 5.91 Å². The predicted octanol–water partition coefficient (Wildman–Crippen LogP) is 2.09. The van der Waals surface area contributed by atoms with Gasteiger partial charge < -0.3 is 30.4 Å². The Morgan fingerprint density at radius 3 is 2.26 bits per heavy atom. The molecule has 1 aromatic heterocycles. The minimum Gasteiger partial charge on any atom is -0.481 e. The van der Waals surface area contributed by atoms with Crippen LogP contribution in [0.4, 0.5) is 4.79 Å². The number of benzene rings is 2. The number of alkyl carbamates (subject to hydrolysis) is 1. The molecule has 0 saturated carbocycles. The molecule has 5 N–H and O–H groups in total. The quantitative estimate of drug-likeness (QED) is 0.327. The van der Waals surface area contributed by atoms with Crippen molar-refractivity contribution in [2.45, 2.75) is 31.3 Å². The highest BCUT2D eigenvalue weighted by atomic mass is 16.5.